The van der Waals surface area contributed by atoms with Gasteiger partial charge < -0.3 is 9.72 Å². The van der Waals surface area contributed by atoms with Crippen molar-refractivity contribution in [2.75, 3.05) is 4.72 Å². The van der Waals surface area contributed by atoms with Crippen LogP contribution in [-0.4, -0.2) is 24.4 Å². The number of nitrogens with one attached hydrogen (secondary N) is 2. The third-order valence-corrected chi connectivity index (χ3v) is 6.83. The van der Waals surface area contributed by atoms with Gasteiger partial charge >= 0.3 is 5.97 Å². The lowest BCUT2D eigenvalue weighted by molar-refractivity contribution is 0.0321. The van der Waals surface area contributed by atoms with Crippen molar-refractivity contribution in [1.82, 2.24) is 9.97 Å². The number of rotatable bonds is 6. The third-order valence-electron chi connectivity index (χ3n) is 5.32. The third kappa shape index (κ3) is 4.69. The Kier molecular flexibility index (Phi) is 6.21. The average molecular weight is 478 g/mol. The van der Waals surface area contributed by atoms with Crippen molar-refractivity contribution in [3.8, 4) is 0 Å². The lowest BCUT2D eigenvalue weighted by Gasteiger charge is -2.16. The summed E-state index contributed by atoms with van der Waals surface area (Å²) in [6, 6.07) is 18.1. The molecule has 2 N–H and O–H groups in total. The molecule has 0 aliphatic carbocycles. The number of nitrogens with zero attached hydrogens (tertiary/aromatic N) is 1. The van der Waals surface area contributed by atoms with Gasteiger partial charge in [0.25, 0.3) is 15.6 Å². The van der Waals surface area contributed by atoms with Gasteiger partial charge in [0.05, 0.1) is 27.0 Å². The summed E-state index contributed by atoms with van der Waals surface area (Å²) in [7, 11) is -3.95. The van der Waals surface area contributed by atoms with Crippen LogP contribution in [0.15, 0.2) is 76.4 Å². The molecule has 0 fully saturated rings. The first-order chi connectivity index (χ1) is 16.2. The molecule has 4 aromatic rings. The summed E-state index contributed by atoms with van der Waals surface area (Å²) in [6.07, 6.45) is -0.881. The van der Waals surface area contributed by atoms with Gasteiger partial charge in [0, 0.05) is 0 Å². The number of carbonyl (C=O) groups excluding carboxylic acids is 1. The number of hydrogen-bond acceptors (Lipinski definition) is 6. The number of ether oxygens (including phenoxy) is 1. The molecule has 0 radical (unpaired) electrons. The molecule has 4 rings (SSSR count). The number of carbonyl (C=O) groups is 1. The van der Waals surface area contributed by atoms with Crippen LogP contribution in [0.4, 0.5) is 5.69 Å². The van der Waals surface area contributed by atoms with E-state index in [1.54, 1.807) is 69.3 Å². The van der Waals surface area contributed by atoms with E-state index in [2.05, 4.69) is 14.7 Å². The molecule has 9 heteroatoms. The molecular formula is C25H23N3O5S. The van der Waals surface area contributed by atoms with Crippen LogP contribution < -0.4 is 10.3 Å². The molecule has 34 heavy (non-hydrogen) atoms. The number of fused-ring (bicyclic) bond motifs is 1. The maximum atomic E-state index is 13.0. The highest BCUT2D eigenvalue weighted by Gasteiger charge is 2.23. The van der Waals surface area contributed by atoms with Gasteiger partial charge in [0.2, 0.25) is 0 Å². The van der Waals surface area contributed by atoms with Gasteiger partial charge in [0.15, 0.2) is 11.9 Å². The van der Waals surface area contributed by atoms with Gasteiger partial charge in [-0.15, -0.1) is 0 Å². The fourth-order valence-electron chi connectivity index (χ4n) is 3.52. The number of anilines is 1. The zero-order chi connectivity index (χ0) is 24.5. The number of H-pyrrole nitrogens is 1. The van der Waals surface area contributed by atoms with Crippen LogP contribution in [0, 0.1) is 13.8 Å². The van der Waals surface area contributed by atoms with Crippen molar-refractivity contribution in [2.24, 2.45) is 0 Å². The summed E-state index contributed by atoms with van der Waals surface area (Å²) in [5.74, 6) is -0.576. The van der Waals surface area contributed by atoms with E-state index in [0.717, 1.165) is 5.56 Å². The Morgan fingerprint density at radius 3 is 2.53 bits per heavy atom. The van der Waals surface area contributed by atoms with Gasteiger partial charge in [-0.25, -0.2) is 18.2 Å². The molecule has 1 unspecified atom stereocenters. The predicted octanol–water partition coefficient (Wildman–Crippen LogP) is 4.26. The SMILES string of the molecule is Cc1ccc(C)c(S(=O)(=O)Nc2ccccc2C(=O)OC(C)c2nc3ccccc3c(=O)[nH]2)c1. The highest BCUT2D eigenvalue weighted by atomic mass is 32.2. The Bertz CT molecular complexity index is 1560. The summed E-state index contributed by atoms with van der Waals surface area (Å²) >= 11 is 0. The maximum absolute atomic E-state index is 13.0. The smallest absolute Gasteiger partial charge is 0.340 e. The maximum Gasteiger partial charge on any atom is 0.340 e. The van der Waals surface area contributed by atoms with Crippen molar-refractivity contribution >= 4 is 32.6 Å². The van der Waals surface area contributed by atoms with Crippen LogP contribution in [0.1, 0.15) is 40.3 Å². The Morgan fingerprint density at radius 1 is 1.03 bits per heavy atom. The van der Waals surface area contributed by atoms with Crippen molar-refractivity contribution in [2.45, 2.75) is 31.8 Å². The molecule has 1 aromatic heterocycles. The number of sulfonamides is 1. The van der Waals surface area contributed by atoms with E-state index >= 15 is 0 Å². The van der Waals surface area contributed by atoms with E-state index in [1.807, 2.05) is 6.07 Å². The second kappa shape index (κ2) is 9.11. The molecule has 1 heterocycles. The molecule has 0 spiro atoms. The summed E-state index contributed by atoms with van der Waals surface area (Å²) in [6.45, 7) is 5.08. The molecule has 0 aliphatic heterocycles. The Morgan fingerprint density at radius 2 is 1.74 bits per heavy atom. The second-order valence-corrected chi connectivity index (χ2v) is 9.59. The summed E-state index contributed by atoms with van der Waals surface area (Å²) in [5, 5.41) is 0.427. The van der Waals surface area contributed by atoms with Gasteiger partial charge in [-0.1, -0.05) is 36.4 Å². The second-order valence-electron chi connectivity index (χ2n) is 7.94. The van der Waals surface area contributed by atoms with Crippen LogP contribution in [-0.2, 0) is 14.8 Å². The van der Waals surface area contributed by atoms with E-state index < -0.39 is 22.1 Å². The molecule has 3 aromatic carbocycles. The minimum absolute atomic E-state index is 0.0337. The van der Waals surface area contributed by atoms with E-state index in [9.17, 15) is 18.0 Å². The fourth-order valence-corrected chi connectivity index (χ4v) is 4.93. The van der Waals surface area contributed by atoms with Gasteiger partial charge in [0.1, 0.15) is 0 Å². The van der Waals surface area contributed by atoms with Crippen molar-refractivity contribution in [1.29, 1.82) is 0 Å². The quantitative estimate of drug-likeness (QED) is 0.401. The number of benzene rings is 3. The highest BCUT2D eigenvalue weighted by Crippen LogP contribution is 2.25. The zero-order valence-electron chi connectivity index (χ0n) is 18.8. The standard InChI is InChI=1S/C25H23N3O5S/c1-15-12-13-16(2)22(14-15)34(31,32)28-21-11-7-5-9-19(21)25(30)33-17(3)23-26-20-10-6-4-8-18(20)24(29)27-23/h4-14,17,28H,1-3H3,(H,26,27,29). The first kappa shape index (κ1) is 23.2. The van der Waals surface area contributed by atoms with Crippen LogP contribution in [0.5, 0.6) is 0 Å². The van der Waals surface area contributed by atoms with Crippen LogP contribution in [0.25, 0.3) is 10.9 Å². The monoisotopic (exact) mass is 477 g/mol. The molecule has 0 aliphatic rings. The highest BCUT2D eigenvalue weighted by molar-refractivity contribution is 7.92. The first-order valence-electron chi connectivity index (χ1n) is 10.5. The lowest BCUT2D eigenvalue weighted by Crippen LogP contribution is -2.20. The minimum atomic E-state index is -3.95. The van der Waals surface area contributed by atoms with Crippen molar-refractivity contribution in [3.05, 3.63) is 99.6 Å². The van der Waals surface area contributed by atoms with Crippen LogP contribution >= 0.6 is 0 Å². The largest absolute Gasteiger partial charge is 0.451 e. The Balaban J connectivity index is 1.61. The van der Waals surface area contributed by atoms with Gasteiger partial charge in [-0.05, 0) is 62.2 Å². The van der Waals surface area contributed by atoms with Crippen molar-refractivity contribution < 1.29 is 17.9 Å². The Labute approximate surface area is 196 Å². The van der Waals surface area contributed by atoms with E-state index in [0.29, 0.717) is 16.5 Å². The van der Waals surface area contributed by atoms with Gasteiger partial charge in [-0.3, -0.25) is 9.52 Å². The molecule has 0 saturated heterocycles. The van der Waals surface area contributed by atoms with Gasteiger partial charge in [-0.2, -0.15) is 0 Å². The number of hydrogen-bond donors (Lipinski definition) is 2. The molecule has 174 valence electrons. The molecule has 8 nitrogen and oxygen atoms in total. The topological polar surface area (TPSA) is 118 Å². The molecule has 0 bridgehead atoms. The Hall–Kier alpha value is -3.98. The average Bonchev–Trinajstić information content (AvgIpc) is 2.80. The molecule has 0 amide bonds. The molecule has 1 atom stereocenters. The summed E-state index contributed by atoms with van der Waals surface area (Å²) in [5.41, 5.74) is 1.63. The fraction of sp³-hybridized carbons (Fsp3) is 0.160. The predicted molar refractivity (Wildman–Crippen MR) is 129 cm³/mol. The number of para-hydroxylation sites is 2. The minimum Gasteiger partial charge on any atom is -0.451 e. The van der Waals surface area contributed by atoms with E-state index in [-0.39, 0.29) is 27.5 Å². The molecule has 0 saturated carbocycles. The van der Waals surface area contributed by atoms with E-state index in [4.69, 9.17) is 4.74 Å². The first-order valence-corrected chi connectivity index (χ1v) is 12.0. The lowest BCUT2D eigenvalue weighted by atomic mass is 10.2. The number of esters is 1. The number of aryl methyl sites for hydroxylation is 2. The normalized spacial score (nSPS) is 12.3. The van der Waals surface area contributed by atoms with Crippen LogP contribution in [0.3, 0.4) is 0 Å². The number of aromatic nitrogens is 2. The van der Waals surface area contributed by atoms with Crippen molar-refractivity contribution in [3.63, 3.8) is 0 Å². The van der Waals surface area contributed by atoms with Crippen LogP contribution in [0.2, 0.25) is 0 Å². The molecular weight excluding hydrogens is 454 g/mol. The summed E-state index contributed by atoms with van der Waals surface area (Å²) < 4.78 is 34.1. The number of aromatic amines is 1. The zero-order valence-corrected chi connectivity index (χ0v) is 19.6. The van der Waals surface area contributed by atoms with E-state index in [1.165, 1.54) is 12.1 Å². The summed E-state index contributed by atoms with van der Waals surface area (Å²) in [4.78, 5) is 32.5.